The molecule has 1 aromatic carbocycles. The molecule has 22 heavy (non-hydrogen) atoms. The predicted octanol–water partition coefficient (Wildman–Crippen LogP) is 3.70. The fourth-order valence-electron chi connectivity index (χ4n) is 2.13. The number of hydrogen-bond donors (Lipinski definition) is 0. The van der Waals surface area contributed by atoms with Gasteiger partial charge in [-0.3, -0.25) is 9.69 Å². The standard InChI is InChI=1S/C16H19NO3S2/c1-16(2,3)17-14(18)13(22-15(17)21)8-10-6-7-11(19-4)9-12(10)20-5/h6-9H,1-5H3. The van der Waals surface area contributed by atoms with Crippen molar-refractivity contribution in [3.63, 3.8) is 0 Å². The Morgan fingerprint density at radius 1 is 1.23 bits per heavy atom. The van der Waals surface area contributed by atoms with E-state index < -0.39 is 0 Å². The highest BCUT2D eigenvalue weighted by Gasteiger charge is 2.39. The Balaban J connectivity index is 2.39. The fourth-order valence-corrected chi connectivity index (χ4v) is 3.75. The molecular formula is C16H19NO3S2. The zero-order valence-electron chi connectivity index (χ0n) is 13.3. The molecule has 0 aliphatic carbocycles. The van der Waals surface area contributed by atoms with Gasteiger partial charge >= 0.3 is 0 Å². The molecule has 1 aliphatic heterocycles. The van der Waals surface area contributed by atoms with Gasteiger partial charge in [0.1, 0.15) is 15.8 Å². The van der Waals surface area contributed by atoms with E-state index >= 15 is 0 Å². The number of carbonyl (C=O) groups excluding carboxylic acids is 1. The van der Waals surface area contributed by atoms with Crippen molar-refractivity contribution in [2.45, 2.75) is 26.3 Å². The molecule has 0 spiro atoms. The SMILES string of the molecule is COc1ccc(C=C2SC(=S)N(C(C)(C)C)C2=O)c(OC)c1. The topological polar surface area (TPSA) is 38.8 Å². The number of thiocarbonyl (C=S) groups is 1. The van der Waals surface area contributed by atoms with Gasteiger partial charge in [-0.05, 0) is 39.0 Å². The lowest BCUT2D eigenvalue weighted by molar-refractivity contribution is -0.125. The van der Waals surface area contributed by atoms with Crippen LogP contribution in [0.1, 0.15) is 26.3 Å². The minimum absolute atomic E-state index is 0.0691. The second-order valence-corrected chi connectivity index (χ2v) is 7.47. The molecule has 6 heteroatoms. The molecule has 0 atom stereocenters. The smallest absolute Gasteiger partial charge is 0.266 e. The number of nitrogens with zero attached hydrogens (tertiary/aromatic N) is 1. The van der Waals surface area contributed by atoms with Crippen LogP contribution in [-0.2, 0) is 4.79 Å². The normalized spacial score (nSPS) is 17.3. The summed E-state index contributed by atoms with van der Waals surface area (Å²) >= 11 is 6.65. The van der Waals surface area contributed by atoms with Gasteiger partial charge < -0.3 is 9.47 Å². The van der Waals surface area contributed by atoms with E-state index in [1.807, 2.05) is 39.0 Å². The zero-order valence-corrected chi connectivity index (χ0v) is 14.9. The highest BCUT2D eigenvalue weighted by Crippen LogP contribution is 2.38. The maximum absolute atomic E-state index is 12.6. The molecule has 0 saturated carbocycles. The molecule has 0 N–H and O–H groups in total. The van der Waals surface area contributed by atoms with E-state index in [0.29, 0.717) is 20.7 Å². The van der Waals surface area contributed by atoms with Gasteiger partial charge in [0.25, 0.3) is 5.91 Å². The molecule has 1 amide bonds. The molecule has 1 aliphatic rings. The lowest BCUT2D eigenvalue weighted by Crippen LogP contribution is -2.44. The number of amides is 1. The van der Waals surface area contributed by atoms with Gasteiger partial charge in [-0.2, -0.15) is 0 Å². The number of hydrogen-bond acceptors (Lipinski definition) is 5. The van der Waals surface area contributed by atoms with Crippen molar-refractivity contribution >= 4 is 40.3 Å². The summed E-state index contributed by atoms with van der Waals surface area (Å²) in [5.41, 5.74) is 0.485. The Hall–Kier alpha value is -1.53. The summed E-state index contributed by atoms with van der Waals surface area (Å²) in [7, 11) is 3.19. The quantitative estimate of drug-likeness (QED) is 0.621. The maximum atomic E-state index is 12.6. The van der Waals surface area contributed by atoms with Crippen LogP contribution in [0.5, 0.6) is 11.5 Å². The molecule has 0 bridgehead atoms. The minimum Gasteiger partial charge on any atom is -0.497 e. The van der Waals surface area contributed by atoms with Crippen molar-refractivity contribution in [2.24, 2.45) is 0 Å². The van der Waals surface area contributed by atoms with Crippen molar-refractivity contribution in [3.8, 4) is 11.5 Å². The van der Waals surface area contributed by atoms with Crippen molar-refractivity contribution in [1.82, 2.24) is 4.90 Å². The first kappa shape index (κ1) is 16.8. The van der Waals surface area contributed by atoms with E-state index in [1.165, 1.54) is 11.8 Å². The molecule has 0 unspecified atom stereocenters. The Morgan fingerprint density at radius 2 is 1.91 bits per heavy atom. The first-order valence-electron chi connectivity index (χ1n) is 6.78. The fraction of sp³-hybridized carbons (Fsp3) is 0.375. The number of ether oxygens (including phenoxy) is 2. The van der Waals surface area contributed by atoms with Gasteiger partial charge in [0.05, 0.1) is 19.1 Å². The molecule has 118 valence electrons. The van der Waals surface area contributed by atoms with E-state index in [4.69, 9.17) is 21.7 Å². The van der Waals surface area contributed by atoms with Crippen LogP contribution in [0, 0.1) is 0 Å². The first-order valence-corrected chi connectivity index (χ1v) is 8.00. The molecule has 1 aromatic rings. The Labute approximate surface area is 140 Å². The Bertz CT molecular complexity index is 647. The molecule has 2 rings (SSSR count). The first-order chi connectivity index (χ1) is 10.3. The van der Waals surface area contributed by atoms with Crippen molar-refractivity contribution in [3.05, 3.63) is 28.7 Å². The summed E-state index contributed by atoms with van der Waals surface area (Å²) in [4.78, 5) is 14.8. The number of benzene rings is 1. The minimum atomic E-state index is -0.333. The van der Waals surface area contributed by atoms with Gasteiger partial charge in [-0.1, -0.05) is 24.0 Å². The highest BCUT2D eigenvalue weighted by atomic mass is 32.2. The third-order valence-corrected chi connectivity index (χ3v) is 4.49. The molecule has 1 fully saturated rings. The number of methoxy groups -OCH3 is 2. The summed E-state index contributed by atoms with van der Waals surface area (Å²) in [6, 6.07) is 5.48. The average molecular weight is 337 g/mol. The van der Waals surface area contributed by atoms with Crippen LogP contribution in [-0.4, -0.2) is 34.9 Å². The molecule has 1 heterocycles. The molecule has 0 aromatic heterocycles. The van der Waals surface area contributed by atoms with E-state index in [1.54, 1.807) is 25.2 Å². The van der Waals surface area contributed by atoms with E-state index in [2.05, 4.69) is 0 Å². The lowest BCUT2D eigenvalue weighted by Gasteiger charge is -2.30. The number of thioether (sulfide) groups is 1. The van der Waals surface area contributed by atoms with Crippen molar-refractivity contribution < 1.29 is 14.3 Å². The van der Waals surface area contributed by atoms with Gasteiger partial charge in [-0.25, -0.2) is 0 Å². The van der Waals surface area contributed by atoms with Crippen molar-refractivity contribution in [2.75, 3.05) is 14.2 Å². The third kappa shape index (κ3) is 3.28. The molecule has 0 radical (unpaired) electrons. The second kappa shape index (κ2) is 6.30. The van der Waals surface area contributed by atoms with Crippen LogP contribution in [0.25, 0.3) is 6.08 Å². The predicted molar refractivity (Wildman–Crippen MR) is 94.3 cm³/mol. The molecular weight excluding hydrogens is 318 g/mol. The summed E-state index contributed by atoms with van der Waals surface area (Å²) in [5, 5.41) is 0. The van der Waals surface area contributed by atoms with Crippen LogP contribution >= 0.6 is 24.0 Å². The average Bonchev–Trinajstić information content (AvgIpc) is 2.73. The Morgan fingerprint density at radius 3 is 2.41 bits per heavy atom. The van der Waals surface area contributed by atoms with Crippen molar-refractivity contribution in [1.29, 1.82) is 0 Å². The van der Waals surface area contributed by atoms with Crippen LogP contribution in [0.3, 0.4) is 0 Å². The molecule has 1 saturated heterocycles. The third-order valence-electron chi connectivity index (χ3n) is 3.19. The summed E-state index contributed by atoms with van der Waals surface area (Å²) in [5.74, 6) is 1.29. The highest BCUT2D eigenvalue weighted by molar-refractivity contribution is 8.26. The van der Waals surface area contributed by atoms with Gasteiger partial charge in [0, 0.05) is 17.2 Å². The second-order valence-electron chi connectivity index (χ2n) is 5.80. The van der Waals surface area contributed by atoms with Crippen LogP contribution in [0.15, 0.2) is 23.1 Å². The van der Waals surface area contributed by atoms with Crippen LogP contribution in [0.2, 0.25) is 0 Å². The lowest BCUT2D eigenvalue weighted by atomic mass is 10.1. The van der Waals surface area contributed by atoms with Gasteiger partial charge in [-0.15, -0.1) is 0 Å². The molecule has 4 nitrogen and oxygen atoms in total. The van der Waals surface area contributed by atoms with Gasteiger partial charge in [0.15, 0.2) is 0 Å². The van der Waals surface area contributed by atoms with Crippen LogP contribution < -0.4 is 9.47 Å². The van der Waals surface area contributed by atoms with E-state index in [9.17, 15) is 4.79 Å². The maximum Gasteiger partial charge on any atom is 0.266 e. The van der Waals surface area contributed by atoms with E-state index in [0.717, 1.165) is 5.56 Å². The number of rotatable bonds is 3. The largest absolute Gasteiger partial charge is 0.497 e. The van der Waals surface area contributed by atoms with Crippen LogP contribution in [0.4, 0.5) is 0 Å². The monoisotopic (exact) mass is 337 g/mol. The summed E-state index contributed by atoms with van der Waals surface area (Å²) in [6.07, 6.45) is 1.81. The Kier molecular flexibility index (Phi) is 4.82. The van der Waals surface area contributed by atoms with Gasteiger partial charge in [0.2, 0.25) is 0 Å². The number of carbonyl (C=O) groups is 1. The summed E-state index contributed by atoms with van der Waals surface area (Å²) < 4.78 is 11.1. The summed E-state index contributed by atoms with van der Waals surface area (Å²) in [6.45, 7) is 5.90. The zero-order chi connectivity index (χ0) is 16.5. The van der Waals surface area contributed by atoms with E-state index in [-0.39, 0.29) is 11.4 Å².